The molecule has 4 aromatic rings. The first kappa shape index (κ1) is 22.4. The third-order valence-electron chi connectivity index (χ3n) is 5.87. The molecular weight excluding hydrogens is 452 g/mol. The Kier molecular flexibility index (Phi) is 5.82. The fraction of sp³-hybridized carbons (Fsp3) is 0.154. The van der Waals surface area contributed by atoms with E-state index in [1.165, 1.54) is 6.07 Å². The standard InChI is InChI=1S/C26H21F2N5O2/c1-2-29-26(35)31-24-12-15-8-7-14(10-22(15)30-24)19-9-16(20(27)13-21(19)28)11-23-17-5-3-4-6-18(17)25(34)33-32-23/h3-10,13H,2,11-12H2,1H3,(H,33,34)(H2,29,30,31,35). The minimum atomic E-state index is -0.701. The van der Waals surface area contributed by atoms with Crippen LogP contribution in [0, 0.1) is 11.6 Å². The van der Waals surface area contributed by atoms with Gasteiger partial charge in [0.05, 0.1) is 16.8 Å². The Labute approximate surface area is 198 Å². The Morgan fingerprint density at radius 1 is 1.06 bits per heavy atom. The lowest BCUT2D eigenvalue weighted by molar-refractivity contribution is 0.245. The van der Waals surface area contributed by atoms with Crippen LogP contribution in [-0.2, 0) is 12.8 Å². The molecule has 0 atom stereocenters. The van der Waals surface area contributed by atoms with Gasteiger partial charge in [0.1, 0.15) is 17.5 Å². The van der Waals surface area contributed by atoms with Gasteiger partial charge in [-0.05, 0) is 41.8 Å². The molecule has 176 valence electrons. The van der Waals surface area contributed by atoms with Gasteiger partial charge in [-0.2, -0.15) is 5.10 Å². The van der Waals surface area contributed by atoms with E-state index in [9.17, 15) is 18.4 Å². The maximum atomic E-state index is 14.8. The van der Waals surface area contributed by atoms with E-state index in [1.54, 1.807) is 36.4 Å². The van der Waals surface area contributed by atoms with E-state index in [-0.39, 0.29) is 29.1 Å². The molecule has 1 aliphatic heterocycles. The highest BCUT2D eigenvalue weighted by molar-refractivity contribution is 6.02. The molecule has 1 aromatic heterocycles. The summed E-state index contributed by atoms with van der Waals surface area (Å²) in [5.41, 5.74) is 2.66. The van der Waals surface area contributed by atoms with E-state index in [0.29, 0.717) is 46.5 Å². The van der Waals surface area contributed by atoms with Gasteiger partial charge in [-0.25, -0.2) is 23.7 Å². The van der Waals surface area contributed by atoms with Gasteiger partial charge in [0.25, 0.3) is 5.56 Å². The van der Waals surface area contributed by atoms with Gasteiger partial charge < -0.3 is 5.32 Å². The second-order valence-electron chi connectivity index (χ2n) is 8.21. The molecule has 2 amide bonds. The van der Waals surface area contributed by atoms with E-state index < -0.39 is 11.6 Å². The van der Waals surface area contributed by atoms with Crippen LogP contribution in [0.25, 0.3) is 21.9 Å². The first-order valence-corrected chi connectivity index (χ1v) is 11.1. The number of H-pyrrole nitrogens is 1. The summed E-state index contributed by atoms with van der Waals surface area (Å²) < 4.78 is 29.6. The van der Waals surface area contributed by atoms with E-state index in [0.717, 1.165) is 11.6 Å². The number of carbonyl (C=O) groups excluding carboxylic acids is 1. The Hall–Kier alpha value is -4.40. The smallest absolute Gasteiger partial charge is 0.320 e. The maximum absolute atomic E-state index is 14.8. The average molecular weight is 473 g/mol. The van der Waals surface area contributed by atoms with Crippen LogP contribution >= 0.6 is 0 Å². The van der Waals surface area contributed by atoms with Gasteiger partial charge >= 0.3 is 6.03 Å². The number of hydrogen-bond acceptors (Lipinski definition) is 4. The highest BCUT2D eigenvalue weighted by Crippen LogP contribution is 2.34. The number of aromatic amines is 1. The van der Waals surface area contributed by atoms with E-state index in [1.807, 2.05) is 13.0 Å². The number of fused-ring (bicyclic) bond motifs is 2. The number of halogens is 2. The van der Waals surface area contributed by atoms with Crippen molar-refractivity contribution in [3.05, 3.63) is 93.4 Å². The molecule has 2 heterocycles. The highest BCUT2D eigenvalue weighted by Gasteiger charge is 2.19. The Morgan fingerprint density at radius 3 is 2.66 bits per heavy atom. The molecule has 7 nitrogen and oxygen atoms in total. The number of urea groups is 1. The number of nitrogens with zero attached hydrogens (tertiary/aromatic N) is 2. The van der Waals surface area contributed by atoms with Gasteiger partial charge in [0.2, 0.25) is 0 Å². The van der Waals surface area contributed by atoms with Crippen molar-refractivity contribution in [2.75, 3.05) is 6.54 Å². The maximum Gasteiger partial charge on any atom is 0.320 e. The van der Waals surface area contributed by atoms with Crippen molar-refractivity contribution in [2.24, 2.45) is 4.99 Å². The molecule has 0 saturated carbocycles. The quantitative estimate of drug-likeness (QED) is 0.411. The second-order valence-corrected chi connectivity index (χ2v) is 8.21. The highest BCUT2D eigenvalue weighted by atomic mass is 19.1. The first-order valence-electron chi connectivity index (χ1n) is 11.1. The number of hydrogen-bond donors (Lipinski definition) is 3. The van der Waals surface area contributed by atoms with Gasteiger partial charge in [0, 0.05) is 36.4 Å². The molecule has 0 fully saturated rings. The molecule has 0 radical (unpaired) electrons. The Bertz CT molecular complexity index is 1560. The van der Waals surface area contributed by atoms with E-state index >= 15 is 0 Å². The normalized spacial score (nSPS) is 12.4. The van der Waals surface area contributed by atoms with Crippen molar-refractivity contribution in [1.82, 2.24) is 20.8 Å². The van der Waals surface area contributed by atoms with Crippen LogP contribution < -0.4 is 16.2 Å². The van der Waals surface area contributed by atoms with Gasteiger partial charge in [-0.3, -0.25) is 10.1 Å². The van der Waals surface area contributed by atoms with Crippen LogP contribution in [0.4, 0.5) is 19.3 Å². The summed E-state index contributed by atoms with van der Waals surface area (Å²) in [4.78, 5) is 28.3. The first-order chi connectivity index (χ1) is 16.9. The molecule has 0 unspecified atom stereocenters. The van der Waals surface area contributed by atoms with Crippen LogP contribution in [0.3, 0.4) is 0 Å². The second kappa shape index (κ2) is 9.09. The van der Waals surface area contributed by atoms with Crippen LogP contribution in [0.2, 0.25) is 0 Å². The molecule has 3 aromatic carbocycles. The predicted molar refractivity (Wildman–Crippen MR) is 130 cm³/mol. The monoisotopic (exact) mass is 473 g/mol. The number of nitrogens with one attached hydrogen (secondary N) is 3. The molecule has 9 heteroatoms. The summed E-state index contributed by atoms with van der Waals surface area (Å²) >= 11 is 0. The lowest BCUT2D eigenvalue weighted by Gasteiger charge is -2.11. The molecule has 0 spiro atoms. The summed E-state index contributed by atoms with van der Waals surface area (Å²) in [6, 6.07) is 14.2. The van der Waals surface area contributed by atoms with Crippen LogP contribution in [0.15, 0.2) is 64.4 Å². The zero-order chi connectivity index (χ0) is 24.5. The molecule has 3 N–H and O–H groups in total. The topological polar surface area (TPSA) is 99.2 Å². The van der Waals surface area contributed by atoms with Crippen LogP contribution in [0.1, 0.15) is 23.7 Å². The number of aromatic nitrogens is 2. The number of amides is 2. The number of rotatable bonds is 4. The van der Waals surface area contributed by atoms with Gasteiger partial charge in [-0.15, -0.1) is 0 Å². The van der Waals surface area contributed by atoms with E-state index in [4.69, 9.17) is 0 Å². The molecule has 0 aliphatic carbocycles. The average Bonchev–Trinajstić information content (AvgIpc) is 3.24. The molecular formula is C26H21F2N5O2. The molecule has 5 rings (SSSR count). The fourth-order valence-electron chi connectivity index (χ4n) is 4.20. The molecule has 0 saturated heterocycles. The van der Waals surface area contributed by atoms with Crippen molar-refractivity contribution in [1.29, 1.82) is 0 Å². The lowest BCUT2D eigenvalue weighted by atomic mass is 9.97. The van der Waals surface area contributed by atoms with Crippen molar-refractivity contribution < 1.29 is 13.6 Å². The number of amidine groups is 1. The molecule has 0 bridgehead atoms. The predicted octanol–water partition coefficient (Wildman–Crippen LogP) is 4.36. The molecule has 35 heavy (non-hydrogen) atoms. The summed E-state index contributed by atoms with van der Waals surface area (Å²) in [5.74, 6) is -0.900. The zero-order valence-electron chi connectivity index (χ0n) is 18.8. The fourth-order valence-corrected chi connectivity index (χ4v) is 4.20. The van der Waals surface area contributed by atoms with Crippen molar-refractivity contribution >= 4 is 28.3 Å². The summed E-state index contributed by atoms with van der Waals surface area (Å²) in [5, 5.41) is 13.0. The summed E-state index contributed by atoms with van der Waals surface area (Å²) in [6.07, 6.45) is 0.523. The zero-order valence-corrected chi connectivity index (χ0v) is 18.8. The Balaban J connectivity index is 1.49. The summed E-state index contributed by atoms with van der Waals surface area (Å²) in [6.45, 7) is 2.31. The number of aliphatic imine (C=N–C) groups is 1. The molecule has 1 aliphatic rings. The third-order valence-corrected chi connectivity index (χ3v) is 5.87. The summed E-state index contributed by atoms with van der Waals surface area (Å²) in [7, 11) is 0. The van der Waals surface area contributed by atoms with E-state index in [2.05, 4.69) is 25.8 Å². The SMILES string of the molecule is CCNC(=O)NC1=Nc2cc(-c3cc(Cc4n[nH]c(=O)c5ccccc45)c(F)cc3F)ccc2C1. The lowest BCUT2D eigenvalue weighted by Crippen LogP contribution is -2.39. The van der Waals surface area contributed by atoms with Crippen LogP contribution in [-0.4, -0.2) is 28.6 Å². The van der Waals surface area contributed by atoms with Crippen LogP contribution in [0.5, 0.6) is 0 Å². The third kappa shape index (κ3) is 4.40. The minimum Gasteiger partial charge on any atom is -0.338 e. The van der Waals surface area contributed by atoms with Gasteiger partial charge in [-0.1, -0.05) is 30.3 Å². The number of carbonyl (C=O) groups is 1. The minimum absolute atomic E-state index is 0.0696. The van der Waals surface area contributed by atoms with Crippen molar-refractivity contribution in [3.8, 4) is 11.1 Å². The van der Waals surface area contributed by atoms with Crippen molar-refractivity contribution in [2.45, 2.75) is 19.8 Å². The van der Waals surface area contributed by atoms with Crippen molar-refractivity contribution in [3.63, 3.8) is 0 Å². The largest absolute Gasteiger partial charge is 0.338 e. The Morgan fingerprint density at radius 2 is 1.86 bits per heavy atom. The number of benzene rings is 3. The van der Waals surface area contributed by atoms with Gasteiger partial charge in [0.15, 0.2) is 0 Å².